The van der Waals surface area contributed by atoms with Gasteiger partial charge in [-0.25, -0.2) is 4.79 Å². The highest BCUT2D eigenvalue weighted by Gasteiger charge is 2.61. The fourth-order valence-electron chi connectivity index (χ4n) is 3.92. The molecule has 26 heavy (non-hydrogen) atoms. The topological polar surface area (TPSA) is 116 Å². The van der Waals surface area contributed by atoms with Crippen molar-refractivity contribution in [2.45, 2.75) is 13.0 Å². The van der Waals surface area contributed by atoms with Gasteiger partial charge in [-0.05, 0) is 36.0 Å². The van der Waals surface area contributed by atoms with E-state index >= 15 is 0 Å². The van der Waals surface area contributed by atoms with Crippen LogP contribution in [-0.2, 0) is 25.8 Å². The molecule has 2 amide bonds. The van der Waals surface area contributed by atoms with E-state index in [4.69, 9.17) is 9.57 Å². The highest BCUT2D eigenvalue weighted by Crippen LogP contribution is 2.52. The van der Waals surface area contributed by atoms with Gasteiger partial charge in [-0.1, -0.05) is 17.2 Å². The van der Waals surface area contributed by atoms with Gasteiger partial charge < -0.3 is 4.74 Å². The van der Waals surface area contributed by atoms with Crippen LogP contribution in [0.15, 0.2) is 36.4 Å². The molecule has 0 radical (unpaired) electrons. The van der Waals surface area contributed by atoms with Crippen LogP contribution in [0.3, 0.4) is 0 Å². The minimum absolute atomic E-state index is 0.0196. The summed E-state index contributed by atoms with van der Waals surface area (Å²) in [5.41, 5.74) is 0.421. The van der Waals surface area contributed by atoms with Crippen molar-refractivity contribution in [3.63, 3.8) is 0 Å². The highest BCUT2D eigenvalue weighted by molar-refractivity contribution is 6.05. The van der Waals surface area contributed by atoms with Crippen molar-refractivity contribution >= 4 is 23.7 Å². The van der Waals surface area contributed by atoms with E-state index in [2.05, 4.69) is 0 Å². The Morgan fingerprint density at radius 2 is 1.69 bits per heavy atom. The zero-order chi connectivity index (χ0) is 18.4. The lowest BCUT2D eigenvalue weighted by atomic mass is 9.85. The number of carbonyl (C=O) groups excluding carboxylic acids is 3. The number of allylic oxidation sites excluding steroid dienone is 2. The first-order valence-corrected chi connectivity index (χ1v) is 8.10. The predicted octanol–water partition coefficient (Wildman–Crippen LogP) is 1.97. The Hall–Kier alpha value is -3.23. The Kier molecular flexibility index (Phi) is 3.71. The van der Waals surface area contributed by atoms with E-state index < -0.39 is 34.7 Å². The molecule has 1 aliphatic heterocycles. The van der Waals surface area contributed by atoms with Crippen LogP contribution in [0.4, 0.5) is 10.5 Å². The van der Waals surface area contributed by atoms with Gasteiger partial charge in [0.1, 0.15) is 6.61 Å². The van der Waals surface area contributed by atoms with Crippen LogP contribution in [0.25, 0.3) is 0 Å². The van der Waals surface area contributed by atoms with E-state index in [1.165, 1.54) is 24.3 Å². The highest BCUT2D eigenvalue weighted by atomic mass is 16.8. The quantitative estimate of drug-likeness (QED) is 0.265. The fourth-order valence-corrected chi connectivity index (χ4v) is 3.92. The minimum atomic E-state index is -1.18. The molecular weight excluding hydrogens is 344 g/mol. The second-order valence-corrected chi connectivity index (χ2v) is 6.52. The van der Waals surface area contributed by atoms with Crippen LogP contribution in [0.1, 0.15) is 12.0 Å². The molecule has 1 saturated carbocycles. The SMILES string of the molecule is O=C(OCc1ccc([N+](=O)[O-])cc1)ON1C(=O)[C@@H]2[C@H](C1=O)[C@H]1C=C[C@@H]2C1. The number of hydrogen-bond acceptors (Lipinski definition) is 7. The van der Waals surface area contributed by atoms with Crippen molar-refractivity contribution in [1.29, 1.82) is 0 Å². The molecule has 1 heterocycles. The predicted molar refractivity (Wildman–Crippen MR) is 83.9 cm³/mol. The molecule has 1 aromatic carbocycles. The number of rotatable bonds is 4. The number of nitro groups is 1. The smallest absolute Gasteiger partial charge is 0.428 e. The Morgan fingerprint density at radius 1 is 1.12 bits per heavy atom. The summed E-state index contributed by atoms with van der Waals surface area (Å²) in [4.78, 5) is 51.4. The van der Waals surface area contributed by atoms with Gasteiger partial charge >= 0.3 is 6.16 Å². The first kappa shape index (κ1) is 16.2. The Balaban J connectivity index is 1.35. The number of non-ortho nitro benzene ring substituents is 1. The van der Waals surface area contributed by atoms with Gasteiger partial charge in [-0.15, -0.1) is 0 Å². The van der Waals surface area contributed by atoms with Gasteiger partial charge in [0, 0.05) is 12.1 Å². The van der Waals surface area contributed by atoms with E-state index in [1.807, 2.05) is 12.2 Å². The summed E-state index contributed by atoms with van der Waals surface area (Å²) in [5.74, 6) is -1.90. The normalized spacial score (nSPS) is 28.4. The van der Waals surface area contributed by atoms with Gasteiger partial charge in [0.2, 0.25) is 0 Å². The van der Waals surface area contributed by atoms with E-state index in [0.29, 0.717) is 10.6 Å². The van der Waals surface area contributed by atoms with Crippen LogP contribution in [-0.4, -0.2) is 28.0 Å². The molecule has 2 aliphatic carbocycles. The maximum Gasteiger partial charge on any atom is 0.534 e. The molecule has 0 unspecified atom stereocenters. The van der Waals surface area contributed by atoms with Gasteiger partial charge in [0.15, 0.2) is 0 Å². The third-order valence-electron chi connectivity index (χ3n) is 5.10. The number of amides is 2. The molecule has 0 N–H and O–H groups in total. The molecule has 2 fully saturated rings. The van der Waals surface area contributed by atoms with Gasteiger partial charge in [-0.3, -0.25) is 24.5 Å². The summed E-state index contributed by atoms with van der Waals surface area (Å²) >= 11 is 0. The van der Waals surface area contributed by atoms with Crippen LogP contribution in [0, 0.1) is 33.8 Å². The molecule has 1 aromatic rings. The van der Waals surface area contributed by atoms with Crippen molar-refractivity contribution < 1.29 is 28.9 Å². The summed E-state index contributed by atoms with van der Waals surface area (Å²) in [6, 6.07) is 5.43. The van der Waals surface area contributed by atoms with E-state index in [-0.39, 0.29) is 24.1 Å². The van der Waals surface area contributed by atoms with Crippen molar-refractivity contribution in [2.75, 3.05) is 0 Å². The second-order valence-electron chi connectivity index (χ2n) is 6.52. The largest absolute Gasteiger partial charge is 0.534 e. The Labute approximate surface area is 147 Å². The maximum atomic E-state index is 12.4. The van der Waals surface area contributed by atoms with E-state index in [0.717, 1.165) is 6.42 Å². The zero-order valence-corrected chi connectivity index (χ0v) is 13.4. The zero-order valence-electron chi connectivity index (χ0n) is 13.4. The second kappa shape index (κ2) is 5.94. The number of benzene rings is 1. The number of imide groups is 1. The lowest BCUT2D eigenvalue weighted by Crippen LogP contribution is -2.35. The van der Waals surface area contributed by atoms with Gasteiger partial charge in [0.25, 0.3) is 17.5 Å². The molecule has 4 atom stereocenters. The standard InChI is InChI=1S/C17H14N2O7/c20-15-13-10-3-4-11(7-10)14(13)16(21)18(15)26-17(22)25-8-9-1-5-12(6-2-9)19(23)24/h1-6,10-11,13-14H,7-8H2/t10-,11+,13+,14-. The van der Waals surface area contributed by atoms with Crippen molar-refractivity contribution in [3.8, 4) is 0 Å². The molecular formula is C17H14N2O7. The molecule has 4 rings (SSSR count). The third kappa shape index (κ3) is 2.52. The average molecular weight is 358 g/mol. The monoisotopic (exact) mass is 358 g/mol. The van der Waals surface area contributed by atoms with Crippen LogP contribution in [0.5, 0.6) is 0 Å². The minimum Gasteiger partial charge on any atom is -0.428 e. The molecule has 3 aliphatic rings. The van der Waals surface area contributed by atoms with Gasteiger partial charge in [-0.2, -0.15) is 0 Å². The molecule has 1 saturated heterocycles. The maximum absolute atomic E-state index is 12.4. The number of ether oxygens (including phenoxy) is 1. The van der Waals surface area contributed by atoms with E-state index in [1.54, 1.807) is 0 Å². The van der Waals surface area contributed by atoms with Gasteiger partial charge in [0.05, 0.1) is 16.8 Å². The molecule has 9 nitrogen and oxygen atoms in total. The molecule has 0 aromatic heterocycles. The van der Waals surface area contributed by atoms with E-state index in [9.17, 15) is 24.5 Å². The summed E-state index contributed by atoms with van der Waals surface area (Å²) in [7, 11) is 0. The van der Waals surface area contributed by atoms with Crippen molar-refractivity contribution in [2.24, 2.45) is 23.7 Å². The summed E-state index contributed by atoms with van der Waals surface area (Å²) in [6.07, 6.45) is 3.48. The lowest BCUT2D eigenvalue weighted by Gasteiger charge is -2.15. The number of nitrogens with zero attached hydrogens (tertiary/aromatic N) is 2. The fraction of sp³-hybridized carbons (Fsp3) is 0.353. The average Bonchev–Trinajstić information content (AvgIpc) is 3.30. The Morgan fingerprint density at radius 3 is 2.23 bits per heavy atom. The number of hydrogen-bond donors (Lipinski definition) is 0. The molecule has 0 spiro atoms. The summed E-state index contributed by atoms with van der Waals surface area (Å²) in [6.45, 7) is -0.202. The van der Waals surface area contributed by atoms with Crippen molar-refractivity contribution in [3.05, 3.63) is 52.1 Å². The van der Waals surface area contributed by atoms with Crippen LogP contribution < -0.4 is 0 Å². The lowest BCUT2D eigenvalue weighted by molar-refractivity contribution is -0.384. The number of nitro benzene ring substituents is 1. The number of fused-ring (bicyclic) bond motifs is 5. The summed E-state index contributed by atoms with van der Waals surface area (Å²) < 4.78 is 4.89. The third-order valence-corrected chi connectivity index (χ3v) is 5.10. The van der Waals surface area contributed by atoms with Crippen LogP contribution in [0.2, 0.25) is 0 Å². The first-order valence-electron chi connectivity index (χ1n) is 8.10. The number of carbonyl (C=O) groups is 3. The number of hydroxylamine groups is 2. The van der Waals surface area contributed by atoms with Crippen molar-refractivity contribution in [1.82, 2.24) is 5.06 Å². The Bertz CT molecular complexity index is 802. The first-order chi connectivity index (χ1) is 12.5. The summed E-state index contributed by atoms with van der Waals surface area (Å²) in [5, 5.41) is 11.1. The molecule has 134 valence electrons. The molecule has 9 heteroatoms. The molecule has 2 bridgehead atoms. The van der Waals surface area contributed by atoms with Crippen LogP contribution >= 0.6 is 0 Å².